The number of aromatic nitrogens is 1. The van der Waals surface area contributed by atoms with Gasteiger partial charge in [-0.15, -0.1) is 13.2 Å². The molecule has 1 aliphatic rings. The van der Waals surface area contributed by atoms with Crippen molar-refractivity contribution in [2.75, 3.05) is 11.4 Å². The first-order valence-electron chi connectivity index (χ1n) is 7.71. The molecule has 0 aromatic carbocycles. The van der Waals surface area contributed by atoms with E-state index in [1.54, 1.807) is 17.0 Å². The predicted molar refractivity (Wildman–Crippen MR) is 81.8 cm³/mol. The van der Waals surface area contributed by atoms with Crippen LogP contribution in [0.3, 0.4) is 0 Å². The molecule has 0 aliphatic carbocycles. The number of alkyl halides is 3. The van der Waals surface area contributed by atoms with Gasteiger partial charge >= 0.3 is 6.36 Å². The van der Waals surface area contributed by atoms with Crippen molar-refractivity contribution >= 4 is 11.7 Å². The molecule has 134 valence electrons. The summed E-state index contributed by atoms with van der Waals surface area (Å²) in [6.07, 6.45) is -0.796. The highest BCUT2D eigenvalue weighted by molar-refractivity contribution is 5.85. The first-order chi connectivity index (χ1) is 11.9. The van der Waals surface area contributed by atoms with Gasteiger partial charge in [-0.1, -0.05) is 0 Å². The number of rotatable bonds is 5. The van der Waals surface area contributed by atoms with Crippen molar-refractivity contribution in [2.45, 2.75) is 31.8 Å². The van der Waals surface area contributed by atoms with Crippen LogP contribution in [-0.2, 0) is 11.3 Å². The lowest BCUT2D eigenvalue weighted by Crippen LogP contribution is -2.43. The summed E-state index contributed by atoms with van der Waals surface area (Å²) in [4.78, 5) is 18.1. The summed E-state index contributed by atoms with van der Waals surface area (Å²) in [5, 5.41) is 2.79. The Morgan fingerprint density at radius 2 is 2.24 bits per heavy atom. The minimum atomic E-state index is -4.76. The van der Waals surface area contributed by atoms with E-state index in [1.165, 1.54) is 18.4 Å². The van der Waals surface area contributed by atoms with Gasteiger partial charge in [-0.3, -0.25) is 4.79 Å². The largest absolute Gasteiger partial charge is 0.573 e. The first-order valence-corrected chi connectivity index (χ1v) is 7.71. The van der Waals surface area contributed by atoms with Gasteiger partial charge in [0.05, 0.1) is 19.0 Å². The van der Waals surface area contributed by atoms with E-state index in [9.17, 15) is 18.0 Å². The van der Waals surface area contributed by atoms with Gasteiger partial charge in [-0.05, 0) is 37.1 Å². The summed E-state index contributed by atoms with van der Waals surface area (Å²) in [5.41, 5.74) is 0. The van der Waals surface area contributed by atoms with Gasteiger partial charge in [0.1, 0.15) is 23.4 Å². The van der Waals surface area contributed by atoms with Crippen LogP contribution in [0.1, 0.15) is 18.6 Å². The molecule has 25 heavy (non-hydrogen) atoms. The number of pyridine rings is 1. The normalized spacial score (nSPS) is 17.6. The Kier molecular flexibility index (Phi) is 4.82. The van der Waals surface area contributed by atoms with Gasteiger partial charge in [0.25, 0.3) is 0 Å². The van der Waals surface area contributed by atoms with Crippen molar-refractivity contribution in [1.82, 2.24) is 10.3 Å². The fourth-order valence-corrected chi connectivity index (χ4v) is 2.76. The van der Waals surface area contributed by atoms with Crippen molar-refractivity contribution in [3.63, 3.8) is 0 Å². The summed E-state index contributed by atoms with van der Waals surface area (Å²) in [6.45, 7) is 0.882. The number of carbonyl (C=O) groups excluding carboxylic acids is 1. The SMILES string of the molecule is O=C(NCc1ccco1)C1CCCN1c1ccc(OC(F)(F)F)cn1. The van der Waals surface area contributed by atoms with E-state index in [-0.39, 0.29) is 12.5 Å². The maximum atomic E-state index is 12.4. The molecule has 1 fully saturated rings. The molecule has 2 aromatic rings. The molecule has 1 saturated heterocycles. The number of nitrogens with one attached hydrogen (secondary N) is 1. The number of furan rings is 1. The molecule has 3 rings (SSSR count). The van der Waals surface area contributed by atoms with Crippen molar-refractivity contribution in [2.24, 2.45) is 0 Å². The zero-order valence-corrected chi connectivity index (χ0v) is 13.1. The van der Waals surface area contributed by atoms with E-state index in [0.29, 0.717) is 24.5 Å². The number of halogens is 3. The molecule has 1 amide bonds. The Bertz CT molecular complexity index is 702. The molecule has 1 N–H and O–H groups in total. The molecular formula is C16H16F3N3O3. The van der Waals surface area contributed by atoms with Crippen LogP contribution in [0.25, 0.3) is 0 Å². The second-order valence-corrected chi connectivity index (χ2v) is 5.55. The van der Waals surface area contributed by atoms with E-state index in [0.717, 1.165) is 12.6 Å². The summed E-state index contributed by atoms with van der Waals surface area (Å²) in [5.74, 6) is 0.510. The van der Waals surface area contributed by atoms with Crippen LogP contribution in [-0.4, -0.2) is 29.8 Å². The Hall–Kier alpha value is -2.71. The van der Waals surface area contributed by atoms with Crippen LogP contribution < -0.4 is 15.0 Å². The Morgan fingerprint density at radius 3 is 2.88 bits per heavy atom. The number of anilines is 1. The van der Waals surface area contributed by atoms with Crippen LogP contribution in [0.15, 0.2) is 41.1 Å². The highest BCUT2D eigenvalue weighted by Crippen LogP contribution is 2.27. The number of ether oxygens (including phenoxy) is 1. The Labute approximate surface area is 141 Å². The number of carbonyl (C=O) groups is 1. The zero-order valence-electron chi connectivity index (χ0n) is 13.1. The van der Waals surface area contributed by atoms with E-state index in [4.69, 9.17) is 4.42 Å². The lowest BCUT2D eigenvalue weighted by atomic mass is 10.2. The van der Waals surface area contributed by atoms with Gasteiger partial charge in [-0.25, -0.2) is 4.98 Å². The highest BCUT2D eigenvalue weighted by atomic mass is 19.4. The molecule has 1 unspecified atom stereocenters. The maximum absolute atomic E-state index is 12.4. The molecule has 2 aromatic heterocycles. The fraction of sp³-hybridized carbons (Fsp3) is 0.375. The summed E-state index contributed by atoms with van der Waals surface area (Å²) < 4.78 is 45.5. The molecule has 6 nitrogen and oxygen atoms in total. The minimum Gasteiger partial charge on any atom is -0.467 e. The van der Waals surface area contributed by atoms with Crippen LogP contribution in [0.4, 0.5) is 19.0 Å². The molecular weight excluding hydrogens is 339 g/mol. The van der Waals surface area contributed by atoms with E-state index < -0.39 is 18.2 Å². The van der Waals surface area contributed by atoms with E-state index >= 15 is 0 Å². The second-order valence-electron chi connectivity index (χ2n) is 5.55. The molecule has 0 radical (unpaired) electrons. The number of amides is 1. The average molecular weight is 355 g/mol. The summed E-state index contributed by atoms with van der Waals surface area (Å²) in [7, 11) is 0. The first kappa shape index (κ1) is 17.1. The van der Waals surface area contributed by atoms with E-state index in [1.807, 2.05) is 0 Å². The molecule has 0 saturated carbocycles. The fourth-order valence-electron chi connectivity index (χ4n) is 2.76. The monoisotopic (exact) mass is 355 g/mol. The Balaban J connectivity index is 1.63. The molecule has 9 heteroatoms. The van der Waals surface area contributed by atoms with Crippen LogP contribution in [0.2, 0.25) is 0 Å². The minimum absolute atomic E-state index is 0.175. The van der Waals surface area contributed by atoms with Gasteiger partial charge in [-0.2, -0.15) is 0 Å². The summed E-state index contributed by atoms with van der Waals surface area (Å²) in [6, 6.07) is 5.67. The average Bonchev–Trinajstić information content (AvgIpc) is 3.23. The topological polar surface area (TPSA) is 67.6 Å². The lowest BCUT2D eigenvalue weighted by molar-refractivity contribution is -0.274. The van der Waals surface area contributed by atoms with Crippen LogP contribution in [0.5, 0.6) is 5.75 Å². The third-order valence-corrected chi connectivity index (χ3v) is 3.82. The van der Waals surface area contributed by atoms with Crippen molar-refractivity contribution < 1.29 is 27.1 Å². The third-order valence-electron chi connectivity index (χ3n) is 3.82. The smallest absolute Gasteiger partial charge is 0.467 e. The van der Waals surface area contributed by atoms with Gasteiger partial charge in [0.2, 0.25) is 5.91 Å². The Morgan fingerprint density at radius 1 is 1.40 bits per heavy atom. The highest BCUT2D eigenvalue weighted by Gasteiger charge is 2.33. The molecule has 1 atom stereocenters. The summed E-state index contributed by atoms with van der Waals surface area (Å²) >= 11 is 0. The number of hydrogen-bond acceptors (Lipinski definition) is 5. The third kappa shape index (κ3) is 4.43. The number of nitrogens with zero attached hydrogens (tertiary/aromatic N) is 2. The van der Waals surface area contributed by atoms with Crippen molar-refractivity contribution in [3.8, 4) is 5.75 Å². The maximum Gasteiger partial charge on any atom is 0.573 e. The predicted octanol–water partition coefficient (Wildman–Crippen LogP) is 2.86. The standard InChI is InChI=1S/C16H16F3N3O3/c17-16(18,19)25-12-5-6-14(20-10-12)22-7-1-4-13(22)15(23)21-9-11-3-2-8-24-11/h2-3,5-6,8,10,13H,1,4,7,9H2,(H,21,23). The van der Waals surface area contributed by atoms with Crippen molar-refractivity contribution in [3.05, 3.63) is 42.5 Å². The lowest BCUT2D eigenvalue weighted by Gasteiger charge is -2.25. The van der Waals surface area contributed by atoms with Gasteiger partial charge in [0.15, 0.2) is 0 Å². The van der Waals surface area contributed by atoms with Crippen LogP contribution >= 0.6 is 0 Å². The van der Waals surface area contributed by atoms with Gasteiger partial charge in [0, 0.05) is 6.54 Å². The van der Waals surface area contributed by atoms with E-state index in [2.05, 4.69) is 15.0 Å². The molecule has 0 bridgehead atoms. The quantitative estimate of drug-likeness (QED) is 0.893. The van der Waals surface area contributed by atoms with Crippen LogP contribution in [0, 0.1) is 0 Å². The zero-order chi connectivity index (χ0) is 17.9. The molecule has 1 aliphatic heterocycles. The van der Waals surface area contributed by atoms with Gasteiger partial charge < -0.3 is 19.4 Å². The second kappa shape index (κ2) is 7.04. The molecule has 3 heterocycles. The number of hydrogen-bond donors (Lipinski definition) is 1. The van der Waals surface area contributed by atoms with Crippen molar-refractivity contribution in [1.29, 1.82) is 0 Å². The molecule has 0 spiro atoms.